The number of carbonyl (C=O) groups excluding carboxylic acids is 2. The van der Waals surface area contributed by atoms with Crippen LogP contribution in [0.25, 0.3) is 22.3 Å². The molecule has 0 spiro atoms. The van der Waals surface area contributed by atoms with E-state index in [1.165, 1.54) is 6.07 Å². The number of carbonyl (C=O) groups is 2. The third-order valence-electron chi connectivity index (χ3n) is 6.55. The molecule has 3 aromatic carbocycles. The summed E-state index contributed by atoms with van der Waals surface area (Å²) in [7, 11) is 1.61. The van der Waals surface area contributed by atoms with Crippen LogP contribution in [0.15, 0.2) is 82.0 Å². The van der Waals surface area contributed by atoms with Gasteiger partial charge in [0.25, 0.3) is 5.91 Å². The Hall–Kier alpha value is -4.39. The Balaban J connectivity index is 1.36. The third kappa shape index (κ3) is 5.11. The molecule has 0 bridgehead atoms. The first-order valence-corrected chi connectivity index (χ1v) is 12.2. The van der Waals surface area contributed by atoms with Gasteiger partial charge in [0.05, 0.1) is 12.5 Å². The van der Waals surface area contributed by atoms with Crippen molar-refractivity contribution in [2.45, 2.75) is 32.4 Å². The summed E-state index contributed by atoms with van der Waals surface area (Å²) in [5.41, 5.74) is 2.19. The van der Waals surface area contributed by atoms with Gasteiger partial charge in [-0.1, -0.05) is 48.5 Å². The van der Waals surface area contributed by atoms with Gasteiger partial charge in [0.2, 0.25) is 0 Å². The number of nitrogens with zero attached hydrogens (tertiary/aromatic N) is 1. The van der Waals surface area contributed by atoms with Gasteiger partial charge < -0.3 is 18.8 Å². The molecule has 5 rings (SSSR count). The van der Waals surface area contributed by atoms with E-state index in [9.17, 15) is 14.4 Å². The fourth-order valence-electron chi connectivity index (χ4n) is 4.36. The van der Waals surface area contributed by atoms with Crippen LogP contribution in [0.3, 0.4) is 0 Å². The number of amides is 1. The molecule has 0 aliphatic heterocycles. The summed E-state index contributed by atoms with van der Waals surface area (Å²) in [6.45, 7) is 1.73. The van der Waals surface area contributed by atoms with E-state index in [1.807, 2.05) is 54.6 Å². The van der Waals surface area contributed by atoms with Crippen molar-refractivity contribution in [2.75, 3.05) is 13.7 Å². The Morgan fingerprint density at radius 2 is 1.70 bits per heavy atom. The first-order chi connectivity index (χ1) is 18.0. The van der Waals surface area contributed by atoms with E-state index in [0.29, 0.717) is 17.9 Å². The maximum Gasteiger partial charge on any atom is 0.342 e. The van der Waals surface area contributed by atoms with Gasteiger partial charge in [-0.2, -0.15) is 0 Å². The summed E-state index contributed by atoms with van der Waals surface area (Å²) < 4.78 is 16.7. The van der Waals surface area contributed by atoms with E-state index < -0.39 is 12.6 Å². The molecule has 1 saturated carbocycles. The number of para-hydroxylation sites is 1. The lowest BCUT2D eigenvalue weighted by Gasteiger charge is -2.22. The zero-order chi connectivity index (χ0) is 25.9. The van der Waals surface area contributed by atoms with Gasteiger partial charge >= 0.3 is 5.97 Å². The Morgan fingerprint density at radius 1 is 0.973 bits per heavy atom. The smallest absolute Gasteiger partial charge is 0.342 e. The summed E-state index contributed by atoms with van der Waals surface area (Å²) in [5, 5.41) is 0.289. The van der Waals surface area contributed by atoms with Crippen LogP contribution in [0.4, 0.5) is 0 Å². The van der Waals surface area contributed by atoms with Gasteiger partial charge in [-0.3, -0.25) is 9.59 Å². The Morgan fingerprint density at radius 3 is 2.38 bits per heavy atom. The largest absolute Gasteiger partial charge is 0.497 e. The van der Waals surface area contributed by atoms with Crippen molar-refractivity contribution in [3.63, 3.8) is 0 Å². The summed E-state index contributed by atoms with van der Waals surface area (Å²) >= 11 is 0. The van der Waals surface area contributed by atoms with Crippen molar-refractivity contribution in [3.05, 3.63) is 99.7 Å². The number of hydrogen-bond donors (Lipinski definition) is 0. The highest BCUT2D eigenvalue weighted by molar-refractivity contribution is 6.02. The molecule has 7 heteroatoms. The van der Waals surface area contributed by atoms with Crippen molar-refractivity contribution in [2.24, 2.45) is 0 Å². The maximum absolute atomic E-state index is 13.1. The third-order valence-corrected chi connectivity index (χ3v) is 6.55. The average Bonchev–Trinajstić information content (AvgIpc) is 3.78. The van der Waals surface area contributed by atoms with Gasteiger partial charge in [0, 0.05) is 23.7 Å². The number of benzene rings is 3. The molecule has 4 aromatic rings. The molecule has 0 saturated heterocycles. The number of hydrogen-bond acceptors (Lipinski definition) is 6. The van der Waals surface area contributed by atoms with Crippen LogP contribution in [-0.4, -0.2) is 36.5 Å². The highest BCUT2D eigenvalue weighted by Gasteiger charge is 2.33. The molecule has 37 heavy (non-hydrogen) atoms. The molecule has 1 fully saturated rings. The second-order valence-electron chi connectivity index (χ2n) is 9.11. The van der Waals surface area contributed by atoms with E-state index in [1.54, 1.807) is 31.1 Å². The minimum atomic E-state index is -0.717. The predicted molar refractivity (Wildman–Crippen MR) is 140 cm³/mol. The minimum Gasteiger partial charge on any atom is -0.497 e. The highest BCUT2D eigenvalue weighted by Crippen LogP contribution is 2.30. The fourth-order valence-corrected chi connectivity index (χ4v) is 4.36. The van der Waals surface area contributed by atoms with Crippen molar-refractivity contribution < 1.29 is 23.5 Å². The summed E-state index contributed by atoms with van der Waals surface area (Å²) in [6, 6.07) is 21.7. The quantitative estimate of drug-likeness (QED) is 0.314. The first kappa shape index (κ1) is 24.3. The molecule has 1 aliphatic carbocycles. The molecule has 1 heterocycles. The predicted octanol–water partition coefficient (Wildman–Crippen LogP) is 5.13. The number of ether oxygens (including phenoxy) is 2. The highest BCUT2D eigenvalue weighted by atomic mass is 16.5. The van der Waals surface area contributed by atoms with Gasteiger partial charge in [-0.05, 0) is 49.6 Å². The standard InChI is InChI=1S/C30H27NO6/c1-19-27(33)24-9-6-10-25(29(24)37-28(19)21-7-4-3-5-8-21)30(34)36-18-26(32)31(22-13-14-22)17-20-11-15-23(35-2)16-12-20/h3-12,15-16,22H,13-14,17-18H2,1-2H3. The molecule has 0 N–H and O–H groups in total. The molecule has 0 unspecified atom stereocenters. The van der Waals surface area contributed by atoms with Gasteiger partial charge in [0.1, 0.15) is 17.1 Å². The summed E-state index contributed by atoms with van der Waals surface area (Å²) in [4.78, 5) is 40.9. The zero-order valence-electron chi connectivity index (χ0n) is 20.7. The van der Waals surface area contributed by atoms with E-state index in [0.717, 1.165) is 29.7 Å². The van der Waals surface area contributed by atoms with Gasteiger partial charge in [-0.15, -0.1) is 0 Å². The van der Waals surface area contributed by atoms with E-state index in [-0.39, 0.29) is 33.9 Å². The number of rotatable bonds is 8. The molecule has 0 radical (unpaired) electrons. The molecule has 1 aromatic heterocycles. The van der Waals surface area contributed by atoms with E-state index in [4.69, 9.17) is 13.9 Å². The minimum absolute atomic E-state index is 0.104. The average molecular weight is 498 g/mol. The van der Waals surface area contributed by atoms with Crippen LogP contribution in [-0.2, 0) is 16.1 Å². The summed E-state index contributed by atoms with van der Waals surface area (Å²) in [6.07, 6.45) is 1.85. The van der Waals surface area contributed by atoms with Crippen molar-refractivity contribution in [1.82, 2.24) is 4.90 Å². The van der Waals surface area contributed by atoms with E-state index in [2.05, 4.69) is 0 Å². The molecule has 0 atom stereocenters. The van der Waals surface area contributed by atoms with E-state index >= 15 is 0 Å². The van der Waals surface area contributed by atoms with Crippen LogP contribution in [0.2, 0.25) is 0 Å². The lowest BCUT2D eigenvalue weighted by molar-refractivity contribution is -0.135. The number of methoxy groups -OCH3 is 1. The van der Waals surface area contributed by atoms with Crippen LogP contribution in [0.1, 0.15) is 34.3 Å². The van der Waals surface area contributed by atoms with Crippen LogP contribution >= 0.6 is 0 Å². The topological polar surface area (TPSA) is 86.0 Å². The van der Waals surface area contributed by atoms with Crippen LogP contribution < -0.4 is 10.2 Å². The van der Waals surface area contributed by atoms with Crippen molar-refractivity contribution in [3.8, 4) is 17.1 Å². The Kier molecular flexibility index (Phi) is 6.77. The molecular weight excluding hydrogens is 470 g/mol. The van der Waals surface area contributed by atoms with Gasteiger partial charge in [-0.25, -0.2) is 4.79 Å². The molecule has 1 amide bonds. The lowest BCUT2D eigenvalue weighted by atomic mass is 10.0. The Bertz CT molecular complexity index is 1500. The first-order valence-electron chi connectivity index (χ1n) is 12.2. The molecule has 1 aliphatic rings. The monoisotopic (exact) mass is 497 g/mol. The number of esters is 1. The summed E-state index contributed by atoms with van der Waals surface area (Å²) in [5.74, 6) is 0.155. The van der Waals surface area contributed by atoms with Gasteiger partial charge in [0.15, 0.2) is 17.6 Å². The molecule has 188 valence electrons. The molecule has 7 nitrogen and oxygen atoms in total. The van der Waals surface area contributed by atoms with Crippen LogP contribution in [0, 0.1) is 6.92 Å². The fraction of sp³-hybridized carbons (Fsp3) is 0.233. The second kappa shape index (κ2) is 10.3. The molecular formula is C30H27NO6. The SMILES string of the molecule is COc1ccc(CN(C(=O)COC(=O)c2cccc3c(=O)c(C)c(-c4ccccc4)oc23)C2CC2)cc1. The number of fused-ring (bicyclic) bond motifs is 1. The lowest BCUT2D eigenvalue weighted by Crippen LogP contribution is -2.36. The normalized spacial score (nSPS) is 12.8. The van der Waals surface area contributed by atoms with Crippen molar-refractivity contribution >= 4 is 22.8 Å². The van der Waals surface area contributed by atoms with Crippen LogP contribution in [0.5, 0.6) is 5.75 Å². The second-order valence-corrected chi connectivity index (χ2v) is 9.11. The zero-order valence-corrected chi connectivity index (χ0v) is 20.7. The maximum atomic E-state index is 13.1. The Labute approximate surface area is 214 Å². The van der Waals surface area contributed by atoms with Crippen molar-refractivity contribution in [1.29, 1.82) is 0 Å².